The van der Waals surface area contributed by atoms with Gasteiger partial charge in [0.15, 0.2) is 0 Å². The van der Waals surface area contributed by atoms with Gasteiger partial charge in [0, 0.05) is 13.1 Å². The van der Waals surface area contributed by atoms with Gasteiger partial charge in [-0.3, -0.25) is 19.3 Å². The number of ether oxygens (including phenoxy) is 1. The summed E-state index contributed by atoms with van der Waals surface area (Å²) in [5.74, 6) is -1.90. The predicted molar refractivity (Wildman–Crippen MR) is 101 cm³/mol. The summed E-state index contributed by atoms with van der Waals surface area (Å²) < 4.78 is 5.35. The Labute approximate surface area is 160 Å². The van der Waals surface area contributed by atoms with E-state index in [1.165, 1.54) is 11.0 Å². The number of nitrogens with one attached hydrogen (secondary N) is 2. The molecule has 1 saturated heterocycles. The monoisotopic (exact) mass is 381 g/mol. The lowest BCUT2D eigenvalue weighted by Gasteiger charge is -2.29. The Hall–Kier alpha value is -2.38. The Morgan fingerprint density at radius 1 is 1.30 bits per heavy atom. The second kappa shape index (κ2) is 10.1. The van der Waals surface area contributed by atoms with Crippen molar-refractivity contribution in [1.82, 2.24) is 15.5 Å². The van der Waals surface area contributed by atoms with Crippen LogP contribution < -0.4 is 10.6 Å². The van der Waals surface area contributed by atoms with Gasteiger partial charge in [-0.15, -0.1) is 6.58 Å². The minimum absolute atomic E-state index is 0.173. The van der Waals surface area contributed by atoms with Gasteiger partial charge in [0.2, 0.25) is 11.7 Å². The standard InChI is InChI=1S/C19H31N3O5/c1-6-9-13(15(23)17(25)20-11-7-2)21-16(24)14-10-8-12-22(14)18(26)27-19(3,4)5/h7,13-14H,2,6,8-12H2,1,3-5H3,(H,20,25)(H,21,24)/t13-,14-/m0/s1. The molecule has 3 amide bonds. The third-order valence-corrected chi connectivity index (χ3v) is 4.02. The molecule has 1 aliphatic rings. The molecule has 0 aromatic carbocycles. The Balaban J connectivity index is 2.79. The molecule has 0 aromatic rings. The van der Waals surface area contributed by atoms with E-state index in [0.29, 0.717) is 32.2 Å². The summed E-state index contributed by atoms with van der Waals surface area (Å²) in [6.07, 6.45) is 3.03. The van der Waals surface area contributed by atoms with Gasteiger partial charge in [0.1, 0.15) is 11.6 Å². The van der Waals surface area contributed by atoms with Gasteiger partial charge in [-0.2, -0.15) is 0 Å². The first-order valence-corrected chi connectivity index (χ1v) is 9.33. The number of hydrogen-bond acceptors (Lipinski definition) is 5. The summed E-state index contributed by atoms with van der Waals surface area (Å²) >= 11 is 0. The van der Waals surface area contributed by atoms with Crippen LogP contribution in [0.3, 0.4) is 0 Å². The Kier molecular flexibility index (Phi) is 8.46. The molecule has 8 nitrogen and oxygen atoms in total. The van der Waals surface area contributed by atoms with Crippen molar-refractivity contribution in [2.24, 2.45) is 0 Å². The van der Waals surface area contributed by atoms with Crippen LogP contribution in [0.4, 0.5) is 4.79 Å². The highest BCUT2D eigenvalue weighted by Gasteiger charge is 2.38. The molecule has 0 spiro atoms. The number of carbonyl (C=O) groups excluding carboxylic acids is 4. The van der Waals surface area contributed by atoms with Crippen molar-refractivity contribution >= 4 is 23.7 Å². The van der Waals surface area contributed by atoms with Crippen molar-refractivity contribution in [2.45, 2.75) is 71.1 Å². The normalized spacial score (nSPS) is 17.8. The SMILES string of the molecule is C=CCNC(=O)C(=O)[C@H](CCC)NC(=O)[C@@H]1CCCN1C(=O)OC(C)(C)C. The molecule has 152 valence electrons. The number of nitrogens with zero attached hydrogens (tertiary/aromatic N) is 1. The average Bonchev–Trinajstić information content (AvgIpc) is 3.07. The van der Waals surface area contributed by atoms with Crippen LogP contribution in [-0.4, -0.2) is 59.4 Å². The van der Waals surface area contributed by atoms with Crippen molar-refractivity contribution in [3.63, 3.8) is 0 Å². The van der Waals surface area contributed by atoms with Crippen LogP contribution >= 0.6 is 0 Å². The highest BCUT2D eigenvalue weighted by molar-refractivity contribution is 6.38. The van der Waals surface area contributed by atoms with Crippen LogP contribution in [0.1, 0.15) is 53.4 Å². The second-order valence-electron chi connectivity index (χ2n) is 7.54. The number of ketones is 1. The highest BCUT2D eigenvalue weighted by Crippen LogP contribution is 2.21. The molecule has 2 atom stereocenters. The lowest BCUT2D eigenvalue weighted by Crippen LogP contribution is -2.53. The fourth-order valence-corrected chi connectivity index (χ4v) is 2.81. The topological polar surface area (TPSA) is 105 Å². The van der Waals surface area contributed by atoms with Crippen molar-refractivity contribution in [1.29, 1.82) is 0 Å². The molecule has 0 aliphatic carbocycles. The molecule has 1 fully saturated rings. The maximum atomic E-state index is 12.7. The molecule has 1 aliphatic heterocycles. The van der Waals surface area contributed by atoms with Crippen molar-refractivity contribution < 1.29 is 23.9 Å². The van der Waals surface area contributed by atoms with E-state index in [-0.39, 0.29) is 6.54 Å². The largest absolute Gasteiger partial charge is 0.444 e. The summed E-state index contributed by atoms with van der Waals surface area (Å²) in [5.41, 5.74) is -0.662. The average molecular weight is 381 g/mol. The highest BCUT2D eigenvalue weighted by atomic mass is 16.6. The van der Waals surface area contributed by atoms with E-state index in [1.54, 1.807) is 20.8 Å². The number of carbonyl (C=O) groups is 4. The van der Waals surface area contributed by atoms with Gasteiger partial charge in [-0.05, 0) is 40.0 Å². The minimum Gasteiger partial charge on any atom is -0.444 e. The molecule has 2 N–H and O–H groups in total. The van der Waals surface area contributed by atoms with Crippen LogP contribution in [0.5, 0.6) is 0 Å². The van der Waals surface area contributed by atoms with Crippen molar-refractivity contribution in [3.8, 4) is 0 Å². The van der Waals surface area contributed by atoms with Crippen LogP contribution in [0.15, 0.2) is 12.7 Å². The quantitative estimate of drug-likeness (QED) is 0.490. The second-order valence-corrected chi connectivity index (χ2v) is 7.54. The minimum atomic E-state index is -0.923. The van der Waals surface area contributed by atoms with Gasteiger partial charge < -0.3 is 15.4 Å². The van der Waals surface area contributed by atoms with Crippen molar-refractivity contribution in [3.05, 3.63) is 12.7 Å². The Morgan fingerprint density at radius 2 is 1.96 bits per heavy atom. The fraction of sp³-hybridized carbons (Fsp3) is 0.684. The van der Waals surface area contributed by atoms with E-state index < -0.39 is 41.4 Å². The summed E-state index contributed by atoms with van der Waals surface area (Å²) in [7, 11) is 0. The first-order valence-electron chi connectivity index (χ1n) is 9.33. The third kappa shape index (κ3) is 7.03. The van der Waals surface area contributed by atoms with Crippen LogP contribution in [0.25, 0.3) is 0 Å². The summed E-state index contributed by atoms with van der Waals surface area (Å²) in [5, 5.41) is 5.06. The Morgan fingerprint density at radius 3 is 2.52 bits per heavy atom. The van der Waals surface area contributed by atoms with E-state index in [4.69, 9.17) is 4.74 Å². The summed E-state index contributed by atoms with van der Waals surface area (Å²) in [4.78, 5) is 50.6. The molecule has 8 heteroatoms. The molecule has 27 heavy (non-hydrogen) atoms. The number of amides is 3. The van der Waals surface area contributed by atoms with Crippen LogP contribution in [0.2, 0.25) is 0 Å². The number of hydrogen-bond donors (Lipinski definition) is 2. The fourth-order valence-electron chi connectivity index (χ4n) is 2.81. The van der Waals surface area contributed by atoms with E-state index in [1.807, 2.05) is 6.92 Å². The van der Waals surface area contributed by atoms with E-state index in [0.717, 1.165) is 0 Å². The zero-order valence-corrected chi connectivity index (χ0v) is 16.7. The van der Waals surface area contributed by atoms with Gasteiger partial charge in [0.05, 0.1) is 6.04 Å². The smallest absolute Gasteiger partial charge is 0.410 e. The molecule has 1 rings (SSSR count). The summed E-state index contributed by atoms with van der Waals surface area (Å²) in [6.45, 7) is 11.2. The number of likely N-dealkylation sites (tertiary alicyclic amines) is 1. The van der Waals surface area contributed by atoms with Gasteiger partial charge in [-0.1, -0.05) is 19.4 Å². The third-order valence-electron chi connectivity index (χ3n) is 4.02. The lowest BCUT2D eigenvalue weighted by molar-refractivity contribution is -0.140. The zero-order valence-electron chi connectivity index (χ0n) is 16.7. The maximum absolute atomic E-state index is 12.7. The van der Waals surface area contributed by atoms with Gasteiger partial charge in [0.25, 0.3) is 5.91 Å². The molecule has 1 heterocycles. The van der Waals surface area contributed by atoms with Gasteiger partial charge >= 0.3 is 6.09 Å². The zero-order chi connectivity index (χ0) is 20.6. The maximum Gasteiger partial charge on any atom is 0.410 e. The molecular formula is C19H31N3O5. The Bertz CT molecular complexity index is 582. The van der Waals surface area contributed by atoms with Gasteiger partial charge in [-0.25, -0.2) is 4.79 Å². The lowest BCUT2D eigenvalue weighted by atomic mass is 10.1. The van der Waals surface area contributed by atoms with E-state index in [9.17, 15) is 19.2 Å². The van der Waals surface area contributed by atoms with Crippen LogP contribution in [-0.2, 0) is 19.1 Å². The first-order chi connectivity index (χ1) is 12.6. The first kappa shape index (κ1) is 22.7. The van der Waals surface area contributed by atoms with E-state index >= 15 is 0 Å². The molecule has 0 aromatic heterocycles. The molecule has 0 saturated carbocycles. The molecule has 0 bridgehead atoms. The van der Waals surface area contributed by atoms with E-state index in [2.05, 4.69) is 17.2 Å². The summed E-state index contributed by atoms with van der Waals surface area (Å²) in [6, 6.07) is -1.63. The number of rotatable bonds is 8. The molecule has 0 radical (unpaired) electrons. The van der Waals surface area contributed by atoms with Crippen LogP contribution in [0, 0.1) is 0 Å². The molecule has 0 unspecified atom stereocenters. The van der Waals surface area contributed by atoms with Crippen molar-refractivity contribution in [2.75, 3.05) is 13.1 Å². The molecular weight excluding hydrogens is 350 g/mol. The number of Topliss-reactive ketones (excluding diaryl/α,β-unsaturated/α-hetero) is 1. The predicted octanol–water partition coefficient (Wildman–Crippen LogP) is 1.54.